The average molecular weight is 184 g/mol. The van der Waals surface area contributed by atoms with Crippen LogP contribution in [0.3, 0.4) is 0 Å². The van der Waals surface area contributed by atoms with Crippen molar-refractivity contribution in [3.63, 3.8) is 0 Å². The third kappa shape index (κ3) is 5.17. The zero-order valence-corrected chi connectivity index (χ0v) is 8.08. The standard InChI is InChI=1S/C8H16N4O/c1-7(2)12(5-3-4-9)6-8(13)11-10/h7H,3,5-6,10H2,1-2H3,(H,11,13). The largest absolute Gasteiger partial charge is 0.293 e. The molecule has 0 saturated carbocycles. The number of hydrogen-bond acceptors (Lipinski definition) is 4. The van der Waals surface area contributed by atoms with Crippen LogP contribution in [0.4, 0.5) is 0 Å². The van der Waals surface area contributed by atoms with Gasteiger partial charge >= 0.3 is 0 Å². The summed E-state index contributed by atoms with van der Waals surface area (Å²) in [6.45, 7) is 4.79. The number of carbonyl (C=O) groups excluding carboxylic acids is 1. The Morgan fingerprint density at radius 1 is 1.69 bits per heavy atom. The van der Waals surface area contributed by atoms with Gasteiger partial charge in [0.15, 0.2) is 0 Å². The number of rotatable bonds is 5. The van der Waals surface area contributed by atoms with Crippen LogP contribution in [0.15, 0.2) is 0 Å². The van der Waals surface area contributed by atoms with Crippen molar-refractivity contribution in [1.82, 2.24) is 10.3 Å². The van der Waals surface area contributed by atoms with Crippen LogP contribution in [0.2, 0.25) is 0 Å². The first-order valence-corrected chi connectivity index (χ1v) is 4.22. The van der Waals surface area contributed by atoms with Gasteiger partial charge in [-0.25, -0.2) is 5.84 Å². The molecule has 0 unspecified atom stereocenters. The molecule has 0 saturated heterocycles. The van der Waals surface area contributed by atoms with E-state index in [0.717, 1.165) is 0 Å². The minimum Gasteiger partial charge on any atom is -0.293 e. The van der Waals surface area contributed by atoms with E-state index in [1.165, 1.54) is 0 Å². The van der Waals surface area contributed by atoms with Gasteiger partial charge in [-0.3, -0.25) is 15.1 Å². The first kappa shape index (κ1) is 11.9. The summed E-state index contributed by atoms with van der Waals surface area (Å²) >= 11 is 0. The molecule has 0 aromatic carbocycles. The molecule has 1 amide bonds. The van der Waals surface area contributed by atoms with E-state index in [1.807, 2.05) is 24.8 Å². The van der Waals surface area contributed by atoms with Crippen molar-refractivity contribution < 1.29 is 4.79 Å². The average Bonchev–Trinajstić information content (AvgIpc) is 2.11. The number of hydrogen-bond donors (Lipinski definition) is 2. The lowest BCUT2D eigenvalue weighted by Gasteiger charge is -2.23. The second-order valence-electron chi connectivity index (χ2n) is 3.04. The monoisotopic (exact) mass is 184 g/mol. The molecule has 0 aromatic heterocycles. The second kappa shape index (κ2) is 6.40. The third-order valence-electron chi connectivity index (χ3n) is 1.75. The van der Waals surface area contributed by atoms with Crippen LogP contribution in [0.1, 0.15) is 20.3 Å². The topological polar surface area (TPSA) is 82.2 Å². The summed E-state index contributed by atoms with van der Waals surface area (Å²) in [4.78, 5) is 12.8. The van der Waals surface area contributed by atoms with Crippen molar-refractivity contribution >= 4 is 5.91 Å². The number of nitrogens with two attached hydrogens (primary N) is 1. The fourth-order valence-electron chi connectivity index (χ4n) is 0.944. The van der Waals surface area contributed by atoms with Gasteiger partial charge in [-0.05, 0) is 13.8 Å². The first-order valence-electron chi connectivity index (χ1n) is 4.22. The number of nitrogens with zero attached hydrogens (tertiary/aromatic N) is 2. The van der Waals surface area contributed by atoms with Crippen LogP contribution in [0.25, 0.3) is 0 Å². The molecule has 0 radical (unpaired) electrons. The van der Waals surface area contributed by atoms with Crippen molar-refractivity contribution in [3.05, 3.63) is 0 Å². The summed E-state index contributed by atoms with van der Waals surface area (Å²) in [6.07, 6.45) is 0.427. The van der Waals surface area contributed by atoms with Gasteiger partial charge in [0.05, 0.1) is 12.6 Å². The smallest absolute Gasteiger partial charge is 0.248 e. The highest BCUT2D eigenvalue weighted by Crippen LogP contribution is 1.98. The normalized spacial score (nSPS) is 10.2. The molecule has 0 heterocycles. The van der Waals surface area contributed by atoms with Crippen LogP contribution in [-0.2, 0) is 4.79 Å². The number of nitrogens with one attached hydrogen (secondary N) is 1. The molecule has 0 fully saturated rings. The molecule has 0 aliphatic heterocycles. The molecule has 74 valence electrons. The zero-order valence-electron chi connectivity index (χ0n) is 8.08. The maximum Gasteiger partial charge on any atom is 0.248 e. The van der Waals surface area contributed by atoms with Crippen LogP contribution < -0.4 is 11.3 Å². The zero-order chi connectivity index (χ0) is 10.3. The Labute approximate surface area is 78.5 Å². The molecule has 0 aromatic rings. The van der Waals surface area contributed by atoms with Crippen LogP contribution >= 0.6 is 0 Å². The highest BCUT2D eigenvalue weighted by molar-refractivity contribution is 5.77. The Morgan fingerprint density at radius 3 is 2.69 bits per heavy atom. The van der Waals surface area contributed by atoms with Crippen molar-refractivity contribution in [3.8, 4) is 6.07 Å². The van der Waals surface area contributed by atoms with Crippen molar-refractivity contribution in [2.45, 2.75) is 26.3 Å². The minimum absolute atomic E-state index is 0.230. The number of nitriles is 1. The molecule has 0 aliphatic rings. The SMILES string of the molecule is CC(C)N(CCC#N)CC(=O)NN. The van der Waals surface area contributed by atoms with Gasteiger partial charge in [0, 0.05) is 19.0 Å². The molecule has 0 spiro atoms. The molecule has 5 heteroatoms. The fourth-order valence-corrected chi connectivity index (χ4v) is 0.944. The number of carbonyl (C=O) groups is 1. The van der Waals surface area contributed by atoms with Gasteiger partial charge in [-0.2, -0.15) is 5.26 Å². The van der Waals surface area contributed by atoms with E-state index in [-0.39, 0.29) is 18.5 Å². The Morgan fingerprint density at radius 2 is 2.31 bits per heavy atom. The molecule has 0 bridgehead atoms. The third-order valence-corrected chi connectivity index (χ3v) is 1.75. The molecule has 5 nitrogen and oxygen atoms in total. The van der Waals surface area contributed by atoms with E-state index >= 15 is 0 Å². The van der Waals surface area contributed by atoms with Gasteiger partial charge in [0.25, 0.3) is 0 Å². The van der Waals surface area contributed by atoms with Gasteiger partial charge in [0.2, 0.25) is 5.91 Å². The lowest BCUT2D eigenvalue weighted by Crippen LogP contribution is -2.43. The highest BCUT2D eigenvalue weighted by Gasteiger charge is 2.12. The second-order valence-corrected chi connectivity index (χ2v) is 3.04. The fraction of sp³-hybridized carbons (Fsp3) is 0.750. The van der Waals surface area contributed by atoms with Crippen LogP contribution in [0.5, 0.6) is 0 Å². The van der Waals surface area contributed by atoms with E-state index in [1.54, 1.807) is 0 Å². The Bertz CT molecular complexity index is 197. The summed E-state index contributed by atoms with van der Waals surface area (Å²) in [5.41, 5.74) is 2.06. The Balaban J connectivity index is 3.95. The molecular formula is C8H16N4O. The highest BCUT2D eigenvalue weighted by atomic mass is 16.2. The molecular weight excluding hydrogens is 168 g/mol. The summed E-state index contributed by atoms with van der Waals surface area (Å²) in [7, 11) is 0. The molecule has 0 aliphatic carbocycles. The van der Waals surface area contributed by atoms with E-state index < -0.39 is 0 Å². The predicted molar refractivity (Wildman–Crippen MR) is 49.3 cm³/mol. The predicted octanol–water partition coefficient (Wildman–Crippen LogP) is -0.400. The van der Waals surface area contributed by atoms with E-state index in [0.29, 0.717) is 13.0 Å². The molecule has 0 atom stereocenters. The quantitative estimate of drug-likeness (QED) is 0.346. The minimum atomic E-state index is -0.230. The first-order chi connectivity index (χ1) is 6.11. The van der Waals surface area contributed by atoms with E-state index in [4.69, 9.17) is 11.1 Å². The van der Waals surface area contributed by atoms with Gasteiger partial charge in [0.1, 0.15) is 0 Å². The van der Waals surface area contributed by atoms with Gasteiger partial charge in [-0.15, -0.1) is 0 Å². The molecule has 13 heavy (non-hydrogen) atoms. The lowest BCUT2D eigenvalue weighted by atomic mass is 10.3. The lowest BCUT2D eigenvalue weighted by molar-refractivity contribution is -0.122. The Kier molecular flexibility index (Phi) is 5.85. The van der Waals surface area contributed by atoms with E-state index in [9.17, 15) is 4.79 Å². The van der Waals surface area contributed by atoms with Gasteiger partial charge < -0.3 is 0 Å². The van der Waals surface area contributed by atoms with Crippen LogP contribution in [0, 0.1) is 11.3 Å². The number of hydrazine groups is 1. The van der Waals surface area contributed by atoms with Crippen molar-refractivity contribution in [2.24, 2.45) is 5.84 Å². The summed E-state index contributed by atoms with van der Waals surface area (Å²) in [5, 5.41) is 8.39. The maximum absolute atomic E-state index is 10.9. The van der Waals surface area contributed by atoms with Crippen molar-refractivity contribution in [1.29, 1.82) is 5.26 Å². The molecule has 3 N–H and O–H groups in total. The molecule has 0 rings (SSSR count). The number of amides is 1. The van der Waals surface area contributed by atoms with Crippen molar-refractivity contribution in [2.75, 3.05) is 13.1 Å². The van der Waals surface area contributed by atoms with Crippen LogP contribution in [-0.4, -0.2) is 29.9 Å². The van der Waals surface area contributed by atoms with Gasteiger partial charge in [-0.1, -0.05) is 0 Å². The summed E-state index contributed by atoms with van der Waals surface area (Å²) in [6, 6.07) is 2.28. The summed E-state index contributed by atoms with van der Waals surface area (Å²) in [5.74, 6) is 4.73. The Hall–Kier alpha value is -1.12. The summed E-state index contributed by atoms with van der Waals surface area (Å²) < 4.78 is 0. The maximum atomic E-state index is 10.9. The van der Waals surface area contributed by atoms with E-state index in [2.05, 4.69) is 5.43 Å².